The van der Waals surface area contributed by atoms with E-state index in [-0.39, 0.29) is 6.04 Å². The van der Waals surface area contributed by atoms with Crippen molar-refractivity contribution in [3.05, 3.63) is 18.2 Å². The van der Waals surface area contributed by atoms with E-state index in [0.29, 0.717) is 0 Å². The zero-order valence-electron chi connectivity index (χ0n) is 10.6. The van der Waals surface area contributed by atoms with Crippen molar-refractivity contribution in [2.45, 2.75) is 26.3 Å². The Morgan fingerprint density at radius 3 is 2.82 bits per heavy atom. The molecule has 94 valence electrons. The maximum absolute atomic E-state index is 9.03. The SMILES string of the molecule is CCN(CC)CCCNC(C#N)c1cnc[nH]1. The Kier molecular flexibility index (Phi) is 6.30. The smallest absolute Gasteiger partial charge is 0.137 e. The summed E-state index contributed by atoms with van der Waals surface area (Å²) in [4.78, 5) is 9.25. The summed E-state index contributed by atoms with van der Waals surface area (Å²) in [5, 5.41) is 12.2. The van der Waals surface area contributed by atoms with Crippen molar-refractivity contribution in [2.75, 3.05) is 26.2 Å². The number of nitrogens with zero attached hydrogens (tertiary/aromatic N) is 3. The van der Waals surface area contributed by atoms with Crippen LogP contribution >= 0.6 is 0 Å². The van der Waals surface area contributed by atoms with E-state index in [2.05, 4.69) is 40.1 Å². The second-order valence-corrected chi connectivity index (χ2v) is 3.90. The number of imidazole rings is 1. The van der Waals surface area contributed by atoms with Gasteiger partial charge in [-0.1, -0.05) is 13.8 Å². The van der Waals surface area contributed by atoms with Crippen molar-refractivity contribution in [2.24, 2.45) is 0 Å². The van der Waals surface area contributed by atoms with Crippen LogP contribution in [-0.4, -0.2) is 41.0 Å². The summed E-state index contributed by atoms with van der Waals surface area (Å²) in [6.45, 7) is 8.41. The van der Waals surface area contributed by atoms with E-state index >= 15 is 0 Å². The van der Waals surface area contributed by atoms with E-state index in [1.54, 1.807) is 12.5 Å². The third-order valence-corrected chi connectivity index (χ3v) is 2.85. The Morgan fingerprint density at radius 1 is 1.53 bits per heavy atom. The fourth-order valence-corrected chi connectivity index (χ4v) is 1.74. The Labute approximate surface area is 103 Å². The summed E-state index contributed by atoms with van der Waals surface area (Å²) in [7, 11) is 0. The van der Waals surface area contributed by atoms with Gasteiger partial charge in [-0.25, -0.2) is 4.98 Å². The zero-order chi connectivity index (χ0) is 12.5. The monoisotopic (exact) mass is 235 g/mol. The van der Waals surface area contributed by atoms with Gasteiger partial charge in [0, 0.05) is 0 Å². The summed E-state index contributed by atoms with van der Waals surface area (Å²) in [5.41, 5.74) is 0.829. The van der Waals surface area contributed by atoms with Gasteiger partial charge in [0.15, 0.2) is 0 Å². The molecule has 0 fully saturated rings. The van der Waals surface area contributed by atoms with Gasteiger partial charge < -0.3 is 9.88 Å². The summed E-state index contributed by atoms with van der Waals surface area (Å²) in [6, 6.07) is 1.94. The van der Waals surface area contributed by atoms with Gasteiger partial charge in [-0.15, -0.1) is 0 Å². The fourth-order valence-electron chi connectivity index (χ4n) is 1.74. The molecule has 1 aromatic rings. The average Bonchev–Trinajstić information content (AvgIpc) is 2.88. The van der Waals surface area contributed by atoms with Crippen molar-refractivity contribution in [3.63, 3.8) is 0 Å². The molecule has 5 heteroatoms. The molecular formula is C12H21N5. The van der Waals surface area contributed by atoms with Crippen LogP contribution in [0.2, 0.25) is 0 Å². The molecular weight excluding hydrogens is 214 g/mol. The molecule has 0 saturated heterocycles. The van der Waals surface area contributed by atoms with Gasteiger partial charge in [-0.2, -0.15) is 5.26 Å². The predicted octanol–water partition coefficient (Wildman–Crippen LogP) is 1.30. The summed E-state index contributed by atoms with van der Waals surface area (Å²) < 4.78 is 0. The molecule has 1 unspecified atom stereocenters. The molecule has 0 aliphatic rings. The Balaban J connectivity index is 2.24. The summed E-state index contributed by atoms with van der Waals surface area (Å²) >= 11 is 0. The summed E-state index contributed by atoms with van der Waals surface area (Å²) in [5.74, 6) is 0. The first-order chi connectivity index (χ1) is 8.31. The lowest BCUT2D eigenvalue weighted by atomic mass is 10.2. The summed E-state index contributed by atoms with van der Waals surface area (Å²) in [6.07, 6.45) is 4.33. The van der Waals surface area contributed by atoms with Crippen LogP contribution in [0.15, 0.2) is 12.5 Å². The van der Waals surface area contributed by atoms with Crippen LogP contribution in [0.3, 0.4) is 0 Å². The largest absolute Gasteiger partial charge is 0.346 e. The minimum Gasteiger partial charge on any atom is -0.346 e. The molecule has 5 nitrogen and oxygen atoms in total. The van der Waals surface area contributed by atoms with Crippen molar-refractivity contribution in [3.8, 4) is 6.07 Å². The van der Waals surface area contributed by atoms with E-state index in [4.69, 9.17) is 5.26 Å². The number of nitrogens with one attached hydrogen (secondary N) is 2. The van der Waals surface area contributed by atoms with Gasteiger partial charge in [0.2, 0.25) is 0 Å². The molecule has 0 aliphatic carbocycles. The molecule has 0 aliphatic heterocycles. The Hall–Kier alpha value is -1.38. The topological polar surface area (TPSA) is 67.7 Å². The first kappa shape index (κ1) is 13.7. The number of rotatable bonds is 8. The Morgan fingerprint density at radius 2 is 2.29 bits per heavy atom. The van der Waals surface area contributed by atoms with E-state index in [9.17, 15) is 0 Å². The third kappa shape index (κ3) is 4.55. The number of hydrogen-bond donors (Lipinski definition) is 2. The minimum absolute atomic E-state index is 0.283. The standard InChI is InChI=1S/C12H21N5/c1-3-17(4-2)7-5-6-15-11(8-13)12-9-14-10-16-12/h9-11,15H,3-7H2,1-2H3,(H,14,16). The normalized spacial score (nSPS) is 12.6. The molecule has 1 rings (SSSR count). The van der Waals surface area contributed by atoms with Crippen LogP contribution in [0.1, 0.15) is 32.0 Å². The van der Waals surface area contributed by atoms with E-state index in [0.717, 1.165) is 38.3 Å². The highest BCUT2D eigenvalue weighted by molar-refractivity contribution is 5.11. The van der Waals surface area contributed by atoms with Crippen molar-refractivity contribution < 1.29 is 0 Å². The molecule has 0 bridgehead atoms. The van der Waals surface area contributed by atoms with Crippen molar-refractivity contribution in [1.82, 2.24) is 20.2 Å². The average molecular weight is 235 g/mol. The molecule has 0 amide bonds. The van der Waals surface area contributed by atoms with Crippen LogP contribution in [0.5, 0.6) is 0 Å². The quantitative estimate of drug-likeness (QED) is 0.666. The van der Waals surface area contributed by atoms with E-state index < -0.39 is 0 Å². The Bertz CT molecular complexity index is 323. The predicted molar refractivity (Wildman–Crippen MR) is 67.3 cm³/mol. The third-order valence-electron chi connectivity index (χ3n) is 2.85. The molecule has 1 atom stereocenters. The molecule has 0 saturated carbocycles. The van der Waals surface area contributed by atoms with Gasteiger partial charge in [0.25, 0.3) is 0 Å². The van der Waals surface area contributed by atoms with Crippen molar-refractivity contribution >= 4 is 0 Å². The molecule has 2 N–H and O–H groups in total. The van der Waals surface area contributed by atoms with E-state index in [1.807, 2.05) is 0 Å². The maximum Gasteiger partial charge on any atom is 0.137 e. The van der Waals surface area contributed by atoms with Gasteiger partial charge in [-0.3, -0.25) is 5.32 Å². The molecule has 0 spiro atoms. The number of H-pyrrole nitrogens is 1. The van der Waals surface area contributed by atoms with Gasteiger partial charge >= 0.3 is 0 Å². The highest BCUT2D eigenvalue weighted by Crippen LogP contribution is 2.06. The molecule has 1 aromatic heterocycles. The molecule has 17 heavy (non-hydrogen) atoms. The lowest BCUT2D eigenvalue weighted by Gasteiger charge is -2.18. The highest BCUT2D eigenvalue weighted by atomic mass is 15.1. The number of hydrogen-bond acceptors (Lipinski definition) is 4. The minimum atomic E-state index is -0.283. The van der Waals surface area contributed by atoms with E-state index in [1.165, 1.54) is 0 Å². The van der Waals surface area contributed by atoms with Crippen LogP contribution in [0.4, 0.5) is 0 Å². The molecule has 1 heterocycles. The second kappa shape index (κ2) is 7.82. The fraction of sp³-hybridized carbons (Fsp3) is 0.667. The highest BCUT2D eigenvalue weighted by Gasteiger charge is 2.10. The van der Waals surface area contributed by atoms with Crippen LogP contribution in [0.25, 0.3) is 0 Å². The lowest BCUT2D eigenvalue weighted by molar-refractivity contribution is 0.297. The van der Waals surface area contributed by atoms with Crippen LogP contribution in [-0.2, 0) is 0 Å². The van der Waals surface area contributed by atoms with Gasteiger partial charge in [0.1, 0.15) is 6.04 Å². The van der Waals surface area contributed by atoms with Crippen LogP contribution in [0, 0.1) is 11.3 Å². The van der Waals surface area contributed by atoms with Crippen LogP contribution < -0.4 is 5.32 Å². The lowest BCUT2D eigenvalue weighted by Crippen LogP contribution is -2.28. The van der Waals surface area contributed by atoms with Crippen molar-refractivity contribution in [1.29, 1.82) is 5.26 Å². The van der Waals surface area contributed by atoms with Gasteiger partial charge in [0.05, 0.1) is 24.3 Å². The first-order valence-electron chi connectivity index (χ1n) is 6.15. The molecule has 0 radical (unpaired) electrons. The number of aromatic nitrogens is 2. The number of aromatic amines is 1. The second-order valence-electron chi connectivity index (χ2n) is 3.90. The van der Waals surface area contributed by atoms with Gasteiger partial charge in [-0.05, 0) is 32.6 Å². The molecule has 0 aromatic carbocycles. The zero-order valence-corrected chi connectivity index (χ0v) is 10.6. The first-order valence-corrected chi connectivity index (χ1v) is 6.15. The number of nitriles is 1. The maximum atomic E-state index is 9.03.